The second kappa shape index (κ2) is 5.93. The smallest absolute Gasteiger partial charge is 0.236 e. The Morgan fingerprint density at radius 3 is 3.05 bits per heavy atom. The maximum Gasteiger partial charge on any atom is 0.236 e. The van der Waals surface area contributed by atoms with Crippen LogP contribution < -0.4 is 20.7 Å². The average molecular weight is 263 g/mol. The molecule has 1 saturated heterocycles. The topological polar surface area (TPSA) is 67.6 Å². The summed E-state index contributed by atoms with van der Waals surface area (Å²) >= 11 is 0. The Labute approximate surface area is 113 Å². The van der Waals surface area contributed by atoms with Gasteiger partial charge in [0.15, 0.2) is 0 Å². The summed E-state index contributed by atoms with van der Waals surface area (Å²) in [6.07, 6.45) is 0.940. The van der Waals surface area contributed by atoms with E-state index >= 15 is 0 Å². The van der Waals surface area contributed by atoms with Gasteiger partial charge in [-0.25, -0.2) is 0 Å². The van der Waals surface area contributed by atoms with Gasteiger partial charge in [0.2, 0.25) is 5.91 Å². The Morgan fingerprint density at radius 1 is 1.58 bits per heavy atom. The van der Waals surface area contributed by atoms with E-state index in [1.807, 2.05) is 18.2 Å². The van der Waals surface area contributed by atoms with E-state index in [1.165, 1.54) is 0 Å². The Bertz CT molecular complexity index is 448. The van der Waals surface area contributed by atoms with Gasteiger partial charge in [-0.2, -0.15) is 0 Å². The SMILES string of the molecule is COc1cccc(N2CCC(NC(=O)[C@@H](C)N)C2)c1. The van der Waals surface area contributed by atoms with Crippen LogP contribution in [0.4, 0.5) is 5.69 Å². The third kappa shape index (κ3) is 3.38. The number of benzene rings is 1. The largest absolute Gasteiger partial charge is 0.497 e. The van der Waals surface area contributed by atoms with Crippen LogP contribution in [0.1, 0.15) is 13.3 Å². The lowest BCUT2D eigenvalue weighted by Crippen LogP contribution is -2.44. The van der Waals surface area contributed by atoms with Gasteiger partial charge >= 0.3 is 0 Å². The zero-order chi connectivity index (χ0) is 13.8. The van der Waals surface area contributed by atoms with Gasteiger partial charge in [0, 0.05) is 30.9 Å². The van der Waals surface area contributed by atoms with E-state index in [2.05, 4.69) is 16.3 Å². The molecule has 3 N–H and O–H groups in total. The van der Waals surface area contributed by atoms with Crippen molar-refractivity contribution in [3.05, 3.63) is 24.3 Å². The first-order valence-corrected chi connectivity index (χ1v) is 6.55. The van der Waals surface area contributed by atoms with Crippen molar-refractivity contribution in [3.8, 4) is 5.75 Å². The Morgan fingerprint density at radius 2 is 2.37 bits per heavy atom. The summed E-state index contributed by atoms with van der Waals surface area (Å²) in [4.78, 5) is 13.8. The molecule has 0 saturated carbocycles. The van der Waals surface area contributed by atoms with E-state index in [-0.39, 0.29) is 11.9 Å². The minimum Gasteiger partial charge on any atom is -0.497 e. The van der Waals surface area contributed by atoms with E-state index in [9.17, 15) is 4.79 Å². The number of nitrogens with two attached hydrogens (primary N) is 1. The molecule has 1 unspecified atom stereocenters. The van der Waals surface area contributed by atoms with Gasteiger partial charge in [-0.15, -0.1) is 0 Å². The minimum atomic E-state index is -0.453. The molecule has 2 atom stereocenters. The molecule has 0 spiro atoms. The number of methoxy groups -OCH3 is 1. The number of hydrogen-bond donors (Lipinski definition) is 2. The molecule has 0 radical (unpaired) electrons. The zero-order valence-electron chi connectivity index (χ0n) is 11.4. The van der Waals surface area contributed by atoms with Crippen LogP contribution in [0.5, 0.6) is 5.75 Å². The maximum absolute atomic E-state index is 11.6. The Hall–Kier alpha value is -1.75. The molecule has 1 fully saturated rings. The normalized spacial score (nSPS) is 20.2. The highest BCUT2D eigenvalue weighted by Gasteiger charge is 2.24. The van der Waals surface area contributed by atoms with Crippen LogP contribution in [0.3, 0.4) is 0 Å². The number of nitrogens with one attached hydrogen (secondary N) is 1. The molecule has 0 bridgehead atoms. The van der Waals surface area contributed by atoms with Crippen LogP contribution in [0.15, 0.2) is 24.3 Å². The van der Waals surface area contributed by atoms with Gasteiger partial charge < -0.3 is 20.7 Å². The standard InChI is InChI=1S/C14H21N3O2/c1-10(15)14(18)16-11-6-7-17(9-11)12-4-3-5-13(8-12)19-2/h3-5,8,10-11H,6-7,9,15H2,1-2H3,(H,16,18)/t10-,11?/m1/s1. The number of amides is 1. The van der Waals surface area contributed by atoms with Crippen molar-refractivity contribution in [2.75, 3.05) is 25.1 Å². The summed E-state index contributed by atoms with van der Waals surface area (Å²) in [5, 5.41) is 2.97. The lowest BCUT2D eigenvalue weighted by atomic mass is 10.2. The molecule has 2 rings (SSSR count). The molecular weight excluding hydrogens is 242 g/mol. The third-order valence-corrected chi connectivity index (χ3v) is 3.37. The number of ether oxygens (including phenoxy) is 1. The molecule has 0 aromatic heterocycles. The van der Waals surface area contributed by atoms with Gasteiger partial charge in [0.1, 0.15) is 5.75 Å². The number of carbonyl (C=O) groups excluding carboxylic acids is 1. The first kappa shape index (κ1) is 13.7. The second-order valence-electron chi connectivity index (χ2n) is 4.93. The zero-order valence-corrected chi connectivity index (χ0v) is 11.4. The number of carbonyl (C=O) groups is 1. The summed E-state index contributed by atoms with van der Waals surface area (Å²) in [5.41, 5.74) is 6.68. The average Bonchev–Trinajstić information content (AvgIpc) is 2.87. The highest BCUT2D eigenvalue weighted by Crippen LogP contribution is 2.24. The molecule has 1 heterocycles. The Balaban J connectivity index is 1.96. The van der Waals surface area contributed by atoms with Gasteiger partial charge in [-0.05, 0) is 25.5 Å². The summed E-state index contributed by atoms with van der Waals surface area (Å²) in [6.45, 7) is 3.44. The summed E-state index contributed by atoms with van der Waals surface area (Å²) in [6, 6.07) is 7.68. The number of rotatable bonds is 4. The lowest BCUT2D eigenvalue weighted by molar-refractivity contribution is -0.122. The van der Waals surface area contributed by atoms with E-state index in [0.717, 1.165) is 30.9 Å². The fraction of sp³-hybridized carbons (Fsp3) is 0.500. The van der Waals surface area contributed by atoms with Crippen LogP contribution in [-0.4, -0.2) is 38.2 Å². The molecule has 1 aromatic rings. The van der Waals surface area contributed by atoms with Gasteiger partial charge in [0.05, 0.1) is 13.2 Å². The van der Waals surface area contributed by atoms with Crippen molar-refractivity contribution >= 4 is 11.6 Å². The van der Waals surface area contributed by atoms with Crippen molar-refractivity contribution in [1.82, 2.24) is 5.32 Å². The number of hydrogen-bond acceptors (Lipinski definition) is 4. The number of nitrogens with zero attached hydrogens (tertiary/aromatic N) is 1. The van der Waals surface area contributed by atoms with Gasteiger partial charge in [0.25, 0.3) is 0 Å². The predicted octanol–water partition coefficient (Wildman–Crippen LogP) is 0.737. The first-order chi connectivity index (χ1) is 9.10. The molecule has 5 nitrogen and oxygen atoms in total. The summed E-state index contributed by atoms with van der Waals surface area (Å²) < 4.78 is 5.22. The number of anilines is 1. The van der Waals surface area contributed by atoms with Crippen molar-refractivity contribution in [1.29, 1.82) is 0 Å². The first-order valence-electron chi connectivity index (χ1n) is 6.55. The minimum absolute atomic E-state index is 0.0857. The molecule has 1 amide bonds. The molecule has 19 heavy (non-hydrogen) atoms. The fourth-order valence-corrected chi connectivity index (χ4v) is 2.25. The van der Waals surface area contributed by atoms with Crippen LogP contribution in [0.25, 0.3) is 0 Å². The van der Waals surface area contributed by atoms with E-state index in [4.69, 9.17) is 10.5 Å². The van der Waals surface area contributed by atoms with Crippen molar-refractivity contribution in [2.24, 2.45) is 5.73 Å². The van der Waals surface area contributed by atoms with Gasteiger partial charge in [-0.3, -0.25) is 4.79 Å². The van der Waals surface area contributed by atoms with Crippen LogP contribution >= 0.6 is 0 Å². The molecular formula is C14H21N3O2. The third-order valence-electron chi connectivity index (χ3n) is 3.37. The van der Waals surface area contributed by atoms with Crippen LogP contribution in [-0.2, 0) is 4.79 Å². The summed E-state index contributed by atoms with van der Waals surface area (Å²) in [5.74, 6) is 0.762. The molecule has 1 aliphatic heterocycles. The highest BCUT2D eigenvalue weighted by atomic mass is 16.5. The van der Waals surface area contributed by atoms with Crippen molar-refractivity contribution in [3.63, 3.8) is 0 Å². The monoisotopic (exact) mass is 263 g/mol. The lowest BCUT2D eigenvalue weighted by Gasteiger charge is -2.20. The van der Waals surface area contributed by atoms with Gasteiger partial charge in [-0.1, -0.05) is 6.07 Å². The van der Waals surface area contributed by atoms with Crippen LogP contribution in [0.2, 0.25) is 0 Å². The molecule has 1 aliphatic rings. The van der Waals surface area contributed by atoms with Crippen molar-refractivity contribution < 1.29 is 9.53 Å². The van der Waals surface area contributed by atoms with E-state index < -0.39 is 6.04 Å². The Kier molecular flexibility index (Phi) is 4.27. The second-order valence-corrected chi connectivity index (χ2v) is 4.93. The fourth-order valence-electron chi connectivity index (χ4n) is 2.25. The van der Waals surface area contributed by atoms with Crippen LogP contribution in [0, 0.1) is 0 Å². The highest BCUT2D eigenvalue weighted by molar-refractivity contribution is 5.81. The van der Waals surface area contributed by atoms with E-state index in [1.54, 1.807) is 14.0 Å². The maximum atomic E-state index is 11.6. The summed E-state index contributed by atoms with van der Waals surface area (Å²) in [7, 11) is 1.66. The van der Waals surface area contributed by atoms with Crippen molar-refractivity contribution in [2.45, 2.75) is 25.4 Å². The molecule has 104 valence electrons. The van der Waals surface area contributed by atoms with E-state index in [0.29, 0.717) is 0 Å². The predicted molar refractivity (Wildman–Crippen MR) is 75.4 cm³/mol. The molecule has 0 aliphatic carbocycles. The quantitative estimate of drug-likeness (QED) is 0.840. The molecule has 1 aromatic carbocycles. The molecule has 5 heteroatoms.